The Hall–Kier alpha value is -3.23. The van der Waals surface area contributed by atoms with Gasteiger partial charge in [-0.05, 0) is 25.0 Å². The Morgan fingerprint density at radius 3 is 2.66 bits per heavy atom. The number of alkyl halides is 2. The minimum absolute atomic E-state index is 0.125. The number of nitrogens with zero attached hydrogens (tertiary/aromatic N) is 2. The molecule has 1 fully saturated rings. The second-order valence-electron chi connectivity index (χ2n) is 7.34. The number of halogens is 2. The number of nitro benzene ring substituents is 1. The average Bonchev–Trinajstić information content (AvgIpc) is 3.17. The molecule has 0 radical (unpaired) electrons. The van der Waals surface area contributed by atoms with E-state index < -0.39 is 16.9 Å². The Bertz CT molecular complexity index is 1140. The van der Waals surface area contributed by atoms with E-state index in [9.17, 15) is 23.7 Å². The molecule has 29 heavy (non-hydrogen) atoms. The number of H-pyrrole nitrogens is 1. The quantitative estimate of drug-likeness (QED) is 0.516. The van der Waals surface area contributed by atoms with Crippen LogP contribution < -0.4 is 10.3 Å². The Morgan fingerprint density at radius 1 is 1.24 bits per heavy atom. The second-order valence-corrected chi connectivity index (χ2v) is 7.34. The van der Waals surface area contributed by atoms with Crippen LogP contribution in [0.25, 0.3) is 22.0 Å². The minimum atomic E-state index is -2.67. The molecule has 0 spiro atoms. The zero-order chi connectivity index (χ0) is 20.8. The third-order valence-electron chi connectivity index (χ3n) is 5.32. The Labute approximate surface area is 164 Å². The van der Waals surface area contributed by atoms with E-state index >= 15 is 0 Å². The third-order valence-corrected chi connectivity index (χ3v) is 5.32. The molecule has 7 nitrogen and oxygen atoms in total. The highest BCUT2D eigenvalue weighted by Crippen LogP contribution is 2.40. The number of pyridine rings is 1. The van der Waals surface area contributed by atoms with Crippen LogP contribution in [0.1, 0.15) is 25.7 Å². The molecule has 1 aliphatic rings. The summed E-state index contributed by atoms with van der Waals surface area (Å²) in [6.07, 6.45) is 2.73. The first-order valence-electron chi connectivity index (χ1n) is 9.25. The maximum Gasteiger partial charge on any atom is 0.274 e. The molecule has 2 heterocycles. The number of aromatic amines is 1. The van der Waals surface area contributed by atoms with Crippen molar-refractivity contribution in [2.24, 2.45) is 7.05 Å². The number of non-ortho nitro benzene ring substituents is 1. The van der Waals surface area contributed by atoms with Crippen LogP contribution >= 0.6 is 0 Å². The lowest BCUT2D eigenvalue weighted by atomic mass is 9.94. The summed E-state index contributed by atoms with van der Waals surface area (Å²) < 4.78 is 34.3. The van der Waals surface area contributed by atoms with Gasteiger partial charge in [-0.25, -0.2) is 8.78 Å². The van der Waals surface area contributed by atoms with Gasteiger partial charge in [0.15, 0.2) is 0 Å². The van der Waals surface area contributed by atoms with Crippen molar-refractivity contribution in [1.82, 2.24) is 9.55 Å². The number of benzene rings is 1. The molecular weight excluding hydrogens is 384 g/mol. The molecular formula is C20H19F2N3O4. The van der Waals surface area contributed by atoms with Gasteiger partial charge in [-0.1, -0.05) is 0 Å². The number of nitro groups is 1. The molecule has 0 aliphatic heterocycles. The zero-order valence-electron chi connectivity index (χ0n) is 15.7. The van der Waals surface area contributed by atoms with Crippen LogP contribution in [0, 0.1) is 10.1 Å². The van der Waals surface area contributed by atoms with Crippen LogP contribution in [-0.2, 0) is 7.05 Å². The number of rotatable bonds is 4. The molecule has 1 aliphatic carbocycles. The highest BCUT2D eigenvalue weighted by Gasteiger charge is 2.36. The van der Waals surface area contributed by atoms with Gasteiger partial charge in [0.1, 0.15) is 11.3 Å². The van der Waals surface area contributed by atoms with Gasteiger partial charge >= 0.3 is 0 Å². The summed E-state index contributed by atoms with van der Waals surface area (Å²) in [5.41, 5.74) is 1.05. The molecule has 0 bridgehead atoms. The van der Waals surface area contributed by atoms with Crippen molar-refractivity contribution >= 4 is 16.6 Å². The summed E-state index contributed by atoms with van der Waals surface area (Å²) in [5, 5.41) is 11.9. The largest absolute Gasteiger partial charge is 0.490 e. The van der Waals surface area contributed by atoms with E-state index in [0.29, 0.717) is 27.8 Å². The maximum absolute atomic E-state index is 13.5. The molecule has 0 saturated heterocycles. The van der Waals surface area contributed by atoms with Crippen LogP contribution in [0.2, 0.25) is 0 Å². The van der Waals surface area contributed by atoms with Crippen LogP contribution in [0.4, 0.5) is 14.5 Å². The molecule has 0 atom stereocenters. The Balaban J connectivity index is 1.81. The van der Waals surface area contributed by atoms with Gasteiger partial charge in [0.25, 0.3) is 11.2 Å². The summed E-state index contributed by atoms with van der Waals surface area (Å²) >= 11 is 0. The van der Waals surface area contributed by atoms with E-state index in [4.69, 9.17) is 4.74 Å². The Morgan fingerprint density at radius 2 is 1.97 bits per heavy atom. The molecule has 1 saturated carbocycles. The van der Waals surface area contributed by atoms with Crippen molar-refractivity contribution in [2.45, 2.75) is 37.7 Å². The minimum Gasteiger partial charge on any atom is -0.490 e. The lowest BCUT2D eigenvalue weighted by molar-refractivity contribution is -0.384. The summed E-state index contributed by atoms with van der Waals surface area (Å²) in [6, 6.07) is 5.92. The fraction of sp³-hybridized carbons (Fsp3) is 0.350. The molecule has 2 aromatic heterocycles. The normalized spacial score (nSPS) is 16.8. The average molecular weight is 403 g/mol. The van der Waals surface area contributed by atoms with Crippen molar-refractivity contribution < 1.29 is 18.4 Å². The summed E-state index contributed by atoms with van der Waals surface area (Å²) in [6.45, 7) is 0. The fourth-order valence-corrected chi connectivity index (χ4v) is 3.74. The monoisotopic (exact) mass is 403 g/mol. The van der Waals surface area contributed by atoms with Crippen LogP contribution in [0.3, 0.4) is 0 Å². The van der Waals surface area contributed by atoms with Gasteiger partial charge in [-0.2, -0.15) is 0 Å². The summed E-state index contributed by atoms with van der Waals surface area (Å²) in [7, 11) is 1.59. The second kappa shape index (κ2) is 6.98. The highest BCUT2D eigenvalue weighted by molar-refractivity contribution is 5.96. The SMILES string of the molecule is Cn1cc(-c2cc([N+](=O)[O-])ccc2OC2CCC(F)(F)CC2)c2cc[nH]c2c1=O. The van der Waals surface area contributed by atoms with Crippen molar-refractivity contribution in [1.29, 1.82) is 0 Å². The van der Waals surface area contributed by atoms with Crippen LogP contribution in [0.5, 0.6) is 5.75 Å². The van der Waals surface area contributed by atoms with Gasteiger partial charge in [-0.3, -0.25) is 14.9 Å². The summed E-state index contributed by atoms with van der Waals surface area (Å²) in [5.74, 6) is -2.31. The van der Waals surface area contributed by atoms with Gasteiger partial charge in [0.05, 0.1) is 11.0 Å². The van der Waals surface area contributed by atoms with Gasteiger partial charge in [0.2, 0.25) is 5.92 Å². The number of ether oxygens (including phenoxy) is 1. The highest BCUT2D eigenvalue weighted by atomic mass is 19.3. The predicted molar refractivity (Wildman–Crippen MR) is 103 cm³/mol. The molecule has 1 aromatic carbocycles. The van der Waals surface area contributed by atoms with E-state index in [1.54, 1.807) is 25.5 Å². The van der Waals surface area contributed by atoms with Crippen molar-refractivity contribution in [3.8, 4) is 16.9 Å². The van der Waals surface area contributed by atoms with Gasteiger partial charge < -0.3 is 14.3 Å². The maximum atomic E-state index is 13.5. The van der Waals surface area contributed by atoms with E-state index in [1.807, 2.05) is 0 Å². The van der Waals surface area contributed by atoms with E-state index in [1.165, 1.54) is 22.8 Å². The number of aryl methyl sites for hydroxylation is 1. The van der Waals surface area contributed by atoms with Crippen LogP contribution in [-0.4, -0.2) is 26.5 Å². The number of aromatic nitrogens is 2. The third kappa shape index (κ3) is 3.59. The fourth-order valence-electron chi connectivity index (χ4n) is 3.74. The molecule has 152 valence electrons. The van der Waals surface area contributed by atoms with Gasteiger partial charge in [-0.15, -0.1) is 0 Å². The molecule has 0 amide bonds. The van der Waals surface area contributed by atoms with E-state index in [0.717, 1.165) is 0 Å². The number of nitrogens with one attached hydrogen (secondary N) is 1. The van der Waals surface area contributed by atoms with Crippen molar-refractivity contribution in [3.05, 3.63) is 57.1 Å². The van der Waals surface area contributed by atoms with Crippen molar-refractivity contribution in [3.63, 3.8) is 0 Å². The first-order chi connectivity index (χ1) is 13.7. The number of hydrogen-bond donors (Lipinski definition) is 1. The topological polar surface area (TPSA) is 90.2 Å². The predicted octanol–water partition coefficient (Wildman–Crippen LogP) is 4.40. The smallest absolute Gasteiger partial charge is 0.274 e. The molecule has 1 N–H and O–H groups in total. The first-order valence-corrected chi connectivity index (χ1v) is 9.25. The van der Waals surface area contributed by atoms with Crippen LogP contribution in [0.15, 0.2) is 41.5 Å². The van der Waals surface area contributed by atoms with Gasteiger partial charge in [0, 0.05) is 60.9 Å². The van der Waals surface area contributed by atoms with Crippen molar-refractivity contribution in [2.75, 3.05) is 0 Å². The summed E-state index contributed by atoms with van der Waals surface area (Å²) in [4.78, 5) is 26.0. The Kier molecular flexibility index (Phi) is 4.60. The first kappa shape index (κ1) is 19.1. The molecule has 0 unspecified atom stereocenters. The lowest BCUT2D eigenvalue weighted by Crippen LogP contribution is -2.30. The zero-order valence-corrected chi connectivity index (χ0v) is 15.7. The molecule has 3 aromatic rings. The standard InChI is InChI=1S/C20H19F2N3O4/c1-24-11-16(14-6-9-23-18(14)19(24)26)15-10-12(25(27)28)2-3-17(15)29-13-4-7-20(21,22)8-5-13/h2-3,6,9-11,13,23H,4-5,7-8H2,1H3. The number of fused-ring (bicyclic) bond motifs is 1. The molecule has 4 rings (SSSR count). The van der Waals surface area contributed by atoms with E-state index in [2.05, 4.69) is 4.98 Å². The van der Waals surface area contributed by atoms with E-state index in [-0.39, 0.29) is 36.9 Å². The number of hydrogen-bond acceptors (Lipinski definition) is 4. The molecule has 9 heteroatoms. The lowest BCUT2D eigenvalue weighted by Gasteiger charge is -2.29.